The summed E-state index contributed by atoms with van der Waals surface area (Å²) < 4.78 is 0. The number of nitrogens with one attached hydrogen (secondary N) is 3. The van der Waals surface area contributed by atoms with Crippen molar-refractivity contribution in [3.63, 3.8) is 0 Å². The van der Waals surface area contributed by atoms with Gasteiger partial charge in [0.15, 0.2) is 5.11 Å². The molecule has 0 atom stereocenters. The molecule has 0 aliphatic carbocycles. The van der Waals surface area contributed by atoms with Gasteiger partial charge in [-0.3, -0.25) is 5.10 Å². The third-order valence-corrected chi connectivity index (χ3v) is 2.10. The molecule has 3 N–H and O–H groups in total. The van der Waals surface area contributed by atoms with Crippen molar-refractivity contribution < 1.29 is 0 Å². The summed E-state index contributed by atoms with van der Waals surface area (Å²) in [7, 11) is 0. The molecular formula is C9H16N4S. The van der Waals surface area contributed by atoms with Crippen LogP contribution in [-0.4, -0.2) is 21.9 Å². The molecule has 0 unspecified atom stereocenters. The molecule has 0 radical (unpaired) electrons. The fourth-order valence-electron chi connectivity index (χ4n) is 1.000. The molecule has 0 fully saturated rings. The Balaban J connectivity index is 2.09. The highest BCUT2D eigenvalue weighted by Gasteiger charge is 1.95. The van der Waals surface area contributed by atoms with Crippen molar-refractivity contribution in [1.82, 2.24) is 20.8 Å². The van der Waals surface area contributed by atoms with Gasteiger partial charge in [-0.2, -0.15) is 5.10 Å². The van der Waals surface area contributed by atoms with Crippen molar-refractivity contribution in [1.29, 1.82) is 0 Å². The van der Waals surface area contributed by atoms with Crippen LogP contribution in [0.1, 0.15) is 25.5 Å². The number of aromatic nitrogens is 2. The first-order valence-electron chi connectivity index (χ1n) is 4.83. The lowest BCUT2D eigenvalue weighted by atomic mass is 10.3. The zero-order chi connectivity index (χ0) is 10.2. The zero-order valence-electron chi connectivity index (χ0n) is 8.34. The van der Waals surface area contributed by atoms with Crippen molar-refractivity contribution in [3.05, 3.63) is 18.0 Å². The van der Waals surface area contributed by atoms with Crippen LogP contribution < -0.4 is 10.6 Å². The SMILES string of the molecule is CCCCNC(=S)NCc1ccn[nH]1. The van der Waals surface area contributed by atoms with Gasteiger partial charge in [-0.25, -0.2) is 0 Å². The quantitative estimate of drug-likeness (QED) is 0.506. The topological polar surface area (TPSA) is 52.7 Å². The molecule has 14 heavy (non-hydrogen) atoms. The maximum atomic E-state index is 5.08. The number of aromatic amines is 1. The first kappa shape index (κ1) is 11.0. The number of H-pyrrole nitrogens is 1. The summed E-state index contributed by atoms with van der Waals surface area (Å²) in [5.41, 5.74) is 1.03. The van der Waals surface area contributed by atoms with Crippen molar-refractivity contribution in [3.8, 4) is 0 Å². The van der Waals surface area contributed by atoms with E-state index in [1.165, 1.54) is 6.42 Å². The molecule has 0 saturated heterocycles. The van der Waals surface area contributed by atoms with Gasteiger partial charge in [0.05, 0.1) is 12.2 Å². The lowest BCUT2D eigenvalue weighted by Gasteiger charge is -2.08. The molecule has 0 saturated carbocycles. The van der Waals surface area contributed by atoms with Crippen LogP contribution in [0.25, 0.3) is 0 Å². The molecule has 1 aromatic heterocycles. The van der Waals surface area contributed by atoms with Gasteiger partial charge in [-0.1, -0.05) is 13.3 Å². The van der Waals surface area contributed by atoms with Gasteiger partial charge in [0, 0.05) is 12.7 Å². The summed E-state index contributed by atoms with van der Waals surface area (Å²) in [4.78, 5) is 0. The Morgan fingerprint density at radius 2 is 2.43 bits per heavy atom. The molecule has 0 aliphatic rings. The third kappa shape index (κ3) is 4.23. The van der Waals surface area contributed by atoms with Gasteiger partial charge >= 0.3 is 0 Å². The highest BCUT2D eigenvalue weighted by atomic mass is 32.1. The van der Waals surface area contributed by atoms with Crippen molar-refractivity contribution in [2.24, 2.45) is 0 Å². The van der Waals surface area contributed by atoms with E-state index < -0.39 is 0 Å². The molecule has 5 heteroatoms. The predicted molar refractivity (Wildman–Crippen MR) is 60.9 cm³/mol. The Morgan fingerprint density at radius 1 is 1.57 bits per heavy atom. The minimum Gasteiger partial charge on any atom is -0.363 e. The van der Waals surface area contributed by atoms with E-state index in [1.807, 2.05) is 6.07 Å². The Hall–Kier alpha value is -1.10. The van der Waals surface area contributed by atoms with E-state index in [2.05, 4.69) is 27.8 Å². The van der Waals surface area contributed by atoms with Gasteiger partial charge in [-0.15, -0.1) is 0 Å². The van der Waals surface area contributed by atoms with Crippen LogP contribution >= 0.6 is 12.2 Å². The van der Waals surface area contributed by atoms with Gasteiger partial charge in [-0.05, 0) is 24.7 Å². The lowest BCUT2D eigenvalue weighted by molar-refractivity contribution is 0.735. The van der Waals surface area contributed by atoms with Crippen LogP contribution in [-0.2, 0) is 6.54 Å². The maximum absolute atomic E-state index is 5.08. The minimum atomic E-state index is 0.692. The second-order valence-electron chi connectivity index (χ2n) is 3.04. The number of rotatable bonds is 5. The first-order chi connectivity index (χ1) is 6.83. The average Bonchev–Trinajstić information content (AvgIpc) is 2.68. The number of unbranched alkanes of at least 4 members (excludes halogenated alkanes) is 1. The molecule has 4 nitrogen and oxygen atoms in total. The molecule has 0 bridgehead atoms. The second kappa shape index (κ2) is 6.37. The molecule has 0 aromatic carbocycles. The predicted octanol–water partition coefficient (Wildman–Crippen LogP) is 1.17. The molecule has 78 valence electrons. The zero-order valence-corrected chi connectivity index (χ0v) is 9.16. The van der Waals surface area contributed by atoms with E-state index in [0.717, 1.165) is 18.7 Å². The van der Waals surface area contributed by atoms with E-state index >= 15 is 0 Å². The van der Waals surface area contributed by atoms with Gasteiger partial charge < -0.3 is 10.6 Å². The molecule has 0 amide bonds. The summed E-state index contributed by atoms with van der Waals surface area (Å²) in [6, 6.07) is 1.92. The van der Waals surface area contributed by atoms with Gasteiger partial charge in [0.2, 0.25) is 0 Å². The van der Waals surface area contributed by atoms with Crippen molar-refractivity contribution >= 4 is 17.3 Å². The van der Waals surface area contributed by atoms with E-state index in [9.17, 15) is 0 Å². The van der Waals surface area contributed by atoms with Crippen LogP contribution in [0.3, 0.4) is 0 Å². The van der Waals surface area contributed by atoms with E-state index in [4.69, 9.17) is 12.2 Å². The Kier molecular flexibility index (Phi) is 4.99. The highest BCUT2D eigenvalue weighted by Crippen LogP contribution is 1.89. The van der Waals surface area contributed by atoms with Gasteiger partial charge in [0.25, 0.3) is 0 Å². The molecule has 1 heterocycles. The Bertz CT molecular complexity index is 258. The standard InChI is InChI=1S/C9H16N4S/c1-2-3-5-10-9(14)11-7-8-4-6-12-13-8/h4,6H,2-3,5,7H2,1H3,(H,12,13)(H2,10,11,14). The Labute approximate surface area is 89.5 Å². The van der Waals surface area contributed by atoms with Gasteiger partial charge in [0.1, 0.15) is 0 Å². The fourth-order valence-corrected chi connectivity index (χ4v) is 1.17. The third-order valence-electron chi connectivity index (χ3n) is 1.81. The smallest absolute Gasteiger partial charge is 0.166 e. The number of thiocarbonyl (C=S) groups is 1. The summed E-state index contributed by atoms with van der Waals surface area (Å²) >= 11 is 5.08. The Morgan fingerprint density at radius 3 is 3.07 bits per heavy atom. The monoisotopic (exact) mass is 212 g/mol. The normalized spacial score (nSPS) is 9.79. The molecule has 0 spiro atoms. The molecule has 1 rings (SSSR count). The van der Waals surface area contributed by atoms with Crippen LogP contribution in [0, 0.1) is 0 Å². The number of hydrogen-bond donors (Lipinski definition) is 3. The maximum Gasteiger partial charge on any atom is 0.166 e. The van der Waals surface area contributed by atoms with E-state index in [-0.39, 0.29) is 0 Å². The summed E-state index contributed by atoms with van der Waals surface area (Å²) in [5, 5.41) is 13.6. The van der Waals surface area contributed by atoms with Crippen LogP contribution in [0.4, 0.5) is 0 Å². The molecular weight excluding hydrogens is 196 g/mol. The largest absolute Gasteiger partial charge is 0.363 e. The first-order valence-corrected chi connectivity index (χ1v) is 5.23. The molecule has 1 aromatic rings. The average molecular weight is 212 g/mol. The van der Waals surface area contributed by atoms with Crippen LogP contribution in [0.15, 0.2) is 12.3 Å². The number of nitrogens with zero attached hydrogens (tertiary/aromatic N) is 1. The van der Waals surface area contributed by atoms with Crippen LogP contribution in [0.2, 0.25) is 0 Å². The van der Waals surface area contributed by atoms with Crippen molar-refractivity contribution in [2.75, 3.05) is 6.54 Å². The lowest BCUT2D eigenvalue weighted by Crippen LogP contribution is -2.35. The summed E-state index contributed by atoms with van der Waals surface area (Å²) in [6.45, 7) is 3.78. The summed E-state index contributed by atoms with van der Waals surface area (Å²) in [6.07, 6.45) is 4.05. The fraction of sp³-hybridized carbons (Fsp3) is 0.556. The van der Waals surface area contributed by atoms with E-state index in [0.29, 0.717) is 11.7 Å². The second-order valence-corrected chi connectivity index (χ2v) is 3.45. The number of hydrogen-bond acceptors (Lipinski definition) is 2. The molecule has 0 aliphatic heterocycles. The van der Waals surface area contributed by atoms with Crippen LogP contribution in [0.5, 0.6) is 0 Å². The van der Waals surface area contributed by atoms with E-state index in [1.54, 1.807) is 6.20 Å². The minimum absolute atomic E-state index is 0.692. The highest BCUT2D eigenvalue weighted by molar-refractivity contribution is 7.80. The van der Waals surface area contributed by atoms with Crippen molar-refractivity contribution in [2.45, 2.75) is 26.3 Å². The summed E-state index contributed by atoms with van der Waals surface area (Å²) in [5.74, 6) is 0.